The van der Waals surface area contributed by atoms with E-state index in [1.54, 1.807) is 12.1 Å². The molecule has 4 rings (SSSR count). The van der Waals surface area contributed by atoms with Gasteiger partial charge in [-0.05, 0) is 42.0 Å². The molecule has 1 fully saturated rings. The first-order valence-electron chi connectivity index (χ1n) is 11.3. The molecule has 10 heteroatoms. The summed E-state index contributed by atoms with van der Waals surface area (Å²) in [6.45, 7) is 3.60. The molecule has 0 spiro atoms. The molecule has 0 radical (unpaired) electrons. The van der Waals surface area contributed by atoms with Crippen LogP contribution >= 0.6 is 0 Å². The molecule has 1 saturated heterocycles. The van der Waals surface area contributed by atoms with Gasteiger partial charge in [-0.15, -0.1) is 0 Å². The van der Waals surface area contributed by atoms with Crippen LogP contribution in [0.5, 0.6) is 11.5 Å². The van der Waals surface area contributed by atoms with Gasteiger partial charge in [0, 0.05) is 54.7 Å². The van der Waals surface area contributed by atoms with Gasteiger partial charge >= 0.3 is 0 Å². The highest BCUT2D eigenvalue weighted by Crippen LogP contribution is 2.38. The second-order valence-corrected chi connectivity index (χ2v) is 8.20. The van der Waals surface area contributed by atoms with E-state index in [0.29, 0.717) is 5.56 Å². The van der Waals surface area contributed by atoms with Crippen LogP contribution in [0, 0.1) is 17.0 Å². The Morgan fingerprint density at radius 3 is 2.17 bits per heavy atom. The van der Waals surface area contributed by atoms with Crippen molar-refractivity contribution in [1.29, 1.82) is 5.41 Å². The van der Waals surface area contributed by atoms with Crippen molar-refractivity contribution in [2.45, 2.75) is 0 Å². The quantitative estimate of drug-likeness (QED) is 0.237. The molecule has 1 heterocycles. The number of ether oxygens (including phenoxy) is 2. The lowest BCUT2D eigenvalue weighted by molar-refractivity contribution is 0.0977. The number of carbonyl (C=O) groups is 1. The predicted molar refractivity (Wildman–Crippen MR) is 135 cm³/mol. The number of amides is 1. The van der Waals surface area contributed by atoms with Gasteiger partial charge in [0.15, 0.2) is 23.1 Å². The van der Waals surface area contributed by atoms with Gasteiger partial charge in [0.05, 0.1) is 19.8 Å². The van der Waals surface area contributed by atoms with Crippen molar-refractivity contribution >= 4 is 23.1 Å². The maximum absolute atomic E-state index is 14.9. The Balaban J connectivity index is 1.52. The minimum absolute atomic E-state index is 0.0624. The number of nitrogens with zero attached hydrogens (tertiary/aromatic N) is 1. The Bertz CT molecular complexity index is 1260. The number of amidine groups is 1. The lowest BCUT2D eigenvalue weighted by atomic mass is 10.00. The summed E-state index contributed by atoms with van der Waals surface area (Å²) in [6.07, 6.45) is 0. The van der Waals surface area contributed by atoms with Crippen molar-refractivity contribution in [3.8, 4) is 22.6 Å². The molecular weight excluding hydrogens is 468 g/mol. The number of nitrogens with one attached hydrogen (secondary N) is 3. The van der Waals surface area contributed by atoms with E-state index in [1.165, 1.54) is 32.4 Å². The van der Waals surface area contributed by atoms with Gasteiger partial charge in [0.25, 0.3) is 5.91 Å². The van der Waals surface area contributed by atoms with Gasteiger partial charge in [0.1, 0.15) is 5.84 Å². The molecule has 1 aliphatic heterocycles. The first kappa shape index (κ1) is 24.9. The van der Waals surface area contributed by atoms with E-state index in [9.17, 15) is 13.6 Å². The number of carbonyl (C=O) groups excluding carboxylic acids is 1. The van der Waals surface area contributed by atoms with E-state index >= 15 is 0 Å². The molecule has 1 aliphatic rings. The molecule has 0 atom stereocenters. The summed E-state index contributed by atoms with van der Waals surface area (Å²) in [5.74, 6) is -2.89. The standard InChI is InChI=1S/C26H27F2N5O3/c1-35-20-14-21(36-2)24(28)22(23(20)27)16-5-8-18(19(29)13-16)25(30)32-26(34)15-3-6-17(7-4-15)33-11-9-31-10-12-33/h3-8,13-14,31H,9-12,29H2,1-2H3,(H2,30,32,34). The van der Waals surface area contributed by atoms with E-state index in [4.69, 9.17) is 20.6 Å². The smallest absolute Gasteiger partial charge is 0.256 e. The zero-order valence-corrected chi connectivity index (χ0v) is 20.0. The molecule has 0 bridgehead atoms. The average Bonchev–Trinajstić information content (AvgIpc) is 2.89. The van der Waals surface area contributed by atoms with E-state index in [1.807, 2.05) is 12.1 Å². The number of piperazine rings is 1. The lowest BCUT2D eigenvalue weighted by Gasteiger charge is -2.29. The van der Waals surface area contributed by atoms with Crippen molar-refractivity contribution in [2.75, 3.05) is 51.0 Å². The van der Waals surface area contributed by atoms with E-state index in [0.717, 1.165) is 37.9 Å². The van der Waals surface area contributed by atoms with Crippen molar-refractivity contribution < 1.29 is 23.0 Å². The van der Waals surface area contributed by atoms with Crippen LogP contribution in [0.4, 0.5) is 20.2 Å². The van der Waals surface area contributed by atoms with Crippen LogP contribution in [-0.4, -0.2) is 52.1 Å². The third-order valence-corrected chi connectivity index (χ3v) is 6.03. The van der Waals surface area contributed by atoms with Crippen molar-refractivity contribution in [3.63, 3.8) is 0 Å². The number of hydrogen-bond acceptors (Lipinski definition) is 7. The Labute approximate surface area is 207 Å². The molecule has 8 nitrogen and oxygen atoms in total. The number of nitrogens with two attached hydrogens (primary N) is 1. The monoisotopic (exact) mass is 495 g/mol. The second-order valence-electron chi connectivity index (χ2n) is 8.20. The molecule has 0 saturated carbocycles. The van der Waals surface area contributed by atoms with Crippen LogP contribution in [0.25, 0.3) is 11.1 Å². The molecule has 1 amide bonds. The summed E-state index contributed by atoms with van der Waals surface area (Å²) < 4.78 is 39.7. The third kappa shape index (κ3) is 4.94. The molecule has 0 unspecified atom stereocenters. The molecule has 5 N–H and O–H groups in total. The van der Waals surface area contributed by atoms with Gasteiger partial charge in [-0.1, -0.05) is 6.07 Å². The molecule has 3 aromatic rings. The lowest BCUT2D eigenvalue weighted by Crippen LogP contribution is -2.43. The zero-order chi connectivity index (χ0) is 25.8. The minimum atomic E-state index is -0.907. The van der Waals surface area contributed by atoms with Crippen molar-refractivity contribution in [3.05, 3.63) is 71.3 Å². The SMILES string of the molecule is COc1cc(OC)c(F)c(-c2ccc(C(=N)NC(=O)c3ccc(N4CCNCC4)cc3)c(N)c2)c1F. The van der Waals surface area contributed by atoms with E-state index < -0.39 is 17.5 Å². The summed E-state index contributed by atoms with van der Waals surface area (Å²) in [4.78, 5) is 14.9. The van der Waals surface area contributed by atoms with E-state index in [2.05, 4.69) is 15.5 Å². The highest BCUT2D eigenvalue weighted by atomic mass is 19.1. The number of benzene rings is 3. The van der Waals surface area contributed by atoms with Crippen LogP contribution in [-0.2, 0) is 0 Å². The summed E-state index contributed by atoms with van der Waals surface area (Å²) in [5, 5.41) is 14.1. The first-order chi connectivity index (χ1) is 17.3. The fourth-order valence-electron chi connectivity index (χ4n) is 4.08. The van der Waals surface area contributed by atoms with Crippen LogP contribution in [0.1, 0.15) is 15.9 Å². The van der Waals surface area contributed by atoms with Crippen molar-refractivity contribution in [1.82, 2.24) is 10.6 Å². The number of methoxy groups -OCH3 is 2. The molecular formula is C26H27F2N5O3. The highest BCUT2D eigenvalue weighted by Gasteiger charge is 2.22. The van der Waals surface area contributed by atoms with Crippen LogP contribution in [0.3, 0.4) is 0 Å². The minimum Gasteiger partial charge on any atom is -0.494 e. The molecule has 36 heavy (non-hydrogen) atoms. The number of nitrogen functional groups attached to an aromatic ring is 1. The van der Waals surface area contributed by atoms with Crippen molar-refractivity contribution in [2.24, 2.45) is 0 Å². The number of hydrogen-bond donors (Lipinski definition) is 4. The summed E-state index contributed by atoms with van der Waals surface area (Å²) >= 11 is 0. The number of anilines is 2. The summed E-state index contributed by atoms with van der Waals surface area (Å²) in [5.41, 5.74) is 7.55. The van der Waals surface area contributed by atoms with Gasteiger partial charge in [-0.2, -0.15) is 0 Å². The number of halogens is 2. The number of rotatable bonds is 6. The Morgan fingerprint density at radius 1 is 1.00 bits per heavy atom. The molecule has 188 valence electrons. The van der Waals surface area contributed by atoms with Crippen LogP contribution < -0.4 is 30.7 Å². The summed E-state index contributed by atoms with van der Waals surface area (Å²) in [7, 11) is 2.53. The predicted octanol–water partition coefficient (Wildman–Crippen LogP) is 3.40. The molecule has 3 aromatic carbocycles. The Hall–Kier alpha value is -4.18. The maximum Gasteiger partial charge on any atom is 0.256 e. The van der Waals surface area contributed by atoms with E-state index in [-0.39, 0.29) is 39.7 Å². The fourth-order valence-corrected chi connectivity index (χ4v) is 4.08. The zero-order valence-electron chi connectivity index (χ0n) is 20.0. The fraction of sp³-hybridized carbons (Fsp3) is 0.231. The maximum atomic E-state index is 14.9. The second kappa shape index (κ2) is 10.6. The Kier molecular flexibility index (Phi) is 7.35. The van der Waals surface area contributed by atoms with Gasteiger partial charge < -0.3 is 30.7 Å². The van der Waals surface area contributed by atoms with Crippen LogP contribution in [0.2, 0.25) is 0 Å². The first-order valence-corrected chi connectivity index (χ1v) is 11.3. The highest BCUT2D eigenvalue weighted by molar-refractivity contribution is 6.13. The van der Waals surface area contributed by atoms with Gasteiger partial charge in [-0.25, -0.2) is 8.78 Å². The Morgan fingerprint density at radius 2 is 1.61 bits per heavy atom. The third-order valence-electron chi connectivity index (χ3n) is 6.03. The molecule has 0 aromatic heterocycles. The van der Waals surface area contributed by atoms with Crippen LogP contribution in [0.15, 0.2) is 48.5 Å². The van der Waals surface area contributed by atoms with Gasteiger partial charge in [-0.3, -0.25) is 10.2 Å². The molecule has 0 aliphatic carbocycles. The van der Waals surface area contributed by atoms with Gasteiger partial charge in [0.2, 0.25) is 0 Å². The summed E-state index contributed by atoms with van der Waals surface area (Å²) in [6, 6.07) is 12.4. The largest absolute Gasteiger partial charge is 0.494 e. The topological polar surface area (TPSA) is 113 Å². The average molecular weight is 496 g/mol. The normalized spacial score (nSPS) is 13.3.